The molecule has 0 atom stereocenters. The molecule has 5 heterocycles. The standard InChI is InChI=1S/C10H8.C9H7N.C6H6.C5H5N.C5H10O.C4H8O.C3H4N2.2CH4/c1-2-6-10-8-4-3-7-9(10)5-1;1-2-4-9-7-10-6-5-8(9)3-1;3*1-2-4-6-5-3-1;2*1-2-4-5-3-1;;/h1-8H;1-7H;1-6H;1-5H;1-5H2;1-4H2;1-3H,(H,4,5);2*1H4. The number of pyridine rings is 2. The normalized spacial score (nSPS) is 12.0. The van der Waals surface area contributed by atoms with E-state index in [-0.39, 0.29) is 14.9 Å². The zero-order valence-corrected chi connectivity index (χ0v) is 27.8. The summed E-state index contributed by atoms with van der Waals surface area (Å²) in [6.45, 7) is 4.00. The lowest BCUT2D eigenvalue weighted by atomic mass is 10.1. The fourth-order valence-corrected chi connectivity index (χ4v) is 4.27. The maximum atomic E-state index is 5.07. The molecule has 0 radical (unpaired) electrons. The number of aromatic nitrogens is 4. The average Bonchev–Trinajstić information content (AvgIpc) is 3.99. The molecule has 1 N–H and O–H groups in total. The van der Waals surface area contributed by atoms with Crippen molar-refractivity contribution in [1.82, 2.24) is 20.2 Å². The Labute approximate surface area is 300 Å². The first-order chi connectivity index (χ1) is 23.9. The highest BCUT2D eigenvalue weighted by Gasteiger charge is 1.95. The number of benzene rings is 4. The zero-order chi connectivity index (χ0) is 33.4. The van der Waals surface area contributed by atoms with Crippen molar-refractivity contribution in [2.24, 2.45) is 0 Å². The maximum Gasteiger partial charge on any atom is 0.0487 e. The minimum Gasteiger partial charge on any atom is -0.381 e. The van der Waals surface area contributed by atoms with Crippen LogP contribution in [0.2, 0.25) is 0 Å². The maximum absolute atomic E-state index is 5.07. The molecule has 0 spiro atoms. The van der Waals surface area contributed by atoms with Crippen LogP contribution in [-0.4, -0.2) is 46.6 Å². The minimum absolute atomic E-state index is 0. The molecule has 50 heavy (non-hydrogen) atoms. The Morgan fingerprint density at radius 3 is 1.08 bits per heavy atom. The van der Waals surface area contributed by atoms with Gasteiger partial charge in [-0.1, -0.05) is 130 Å². The highest BCUT2D eigenvalue weighted by atomic mass is 16.5. The highest BCUT2D eigenvalue weighted by Crippen LogP contribution is 2.11. The van der Waals surface area contributed by atoms with Crippen molar-refractivity contribution in [1.29, 1.82) is 0 Å². The molecule has 7 aromatic rings. The second kappa shape index (κ2) is 31.1. The molecule has 2 fully saturated rings. The van der Waals surface area contributed by atoms with Crippen molar-refractivity contribution >= 4 is 21.5 Å². The summed E-state index contributed by atoms with van der Waals surface area (Å²) in [5.74, 6) is 0. The molecule has 3 aromatic heterocycles. The Hall–Kier alpha value is -5.17. The van der Waals surface area contributed by atoms with Gasteiger partial charge < -0.3 is 9.47 Å². The smallest absolute Gasteiger partial charge is 0.0487 e. The quantitative estimate of drug-likeness (QED) is 0.174. The predicted molar refractivity (Wildman–Crippen MR) is 213 cm³/mol. The van der Waals surface area contributed by atoms with E-state index in [0.717, 1.165) is 26.4 Å². The van der Waals surface area contributed by atoms with E-state index in [2.05, 4.69) is 80.8 Å². The first-order valence-electron chi connectivity index (χ1n) is 16.6. The van der Waals surface area contributed by atoms with E-state index in [4.69, 9.17) is 9.47 Å². The van der Waals surface area contributed by atoms with E-state index in [1.165, 1.54) is 53.6 Å². The van der Waals surface area contributed by atoms with E-state index in [1.807, 2.05) is 91.3 Å². The van der Waals surface area contributed by atoms with Crippen molar-refractivity contribution < 1.29 is 9.47 Å². The van der Waals surface area contributed by atoms with Gasteiger partial charge in [0.15, 0.2) is 0 Å². The first kappa shape index (κ1) is 42.9. The van der Waals surface area contributed by atoms with Crippen molar-refractivity contribution in [2.45, 2.75) is 47.0 Å². The Morgan fingerprint density at radius 1 is 0.380 bits per heavy atom. The van der Waals surface area contributed by atoms with Crippen LogP contribution in [0.4, 0.5) is 0 Å². The highest BCUT2D eigenvalue weighted by molar-refractivity contribution is 5.82. The summed E-state index contributed by atoms with van der Waals surface area (Å²) in [7, 11) is 0. The third-order valence-electron chi connectivity index (χ3n) is 6.75. The third kappa shape index (κ3) is 21.7. The number of nitrogens with zero attached hydrogens (tertiary/aromatic N) is 3. The largest absolute Gasteiger partial charge is 0.381 e. The summed E-state index contributed by atoms with van der Waals surface area (Å²) in [4.78, 5) is 7.80. The van der Waals surface area contributed by atoms with Crippen LogP contribution in [0.3, 0.4) is 0 Å². The Balaban J connectivity index is 0.000000295. The van der Waals surface area contributed by atoms with Crippen LogP contribution >= 0.6 is 0 Å². The molecule has 2 aliphatic rings. The van der Waals surface area contributed by atoms with E-state index in [0.29, 0.717) is 0 Å². The fourth-order valence-electron chi connectivity index (χ4n) is 4.27. The van der Waals surface area contributed by atoms with Gasteiger partial charge in [-0.2, -0.15) is 5.10 Å². The molecule has 0 saturated carbocycles. The number of rotatable bonds is 0. The number of nitrogens with one attached hydrogen (secondary N) is 1. The van der Waals surface area contributed by atoms with Crippen molar-refractivity contribution in [2.75, 3.05) is 26.4 Å². The monoisotopic (exact) mass is 672 g/mol. The van der Waals surface area contributed by atoms with Gasteiger partial charge in [-0.3, -0.25) is 15.1 Å². The molecular formula is C44H56N4O2. The molecule has 6 nitrogen and oxygen atoms in total. The van der Waals surface area contributed by atoms with Crippen molar-refractivity contribution in [3.63, 3.8) is 0 Å². The number of hydrogen-bond acceptors (Lipinski definition) is 5. The summed E-state index contributed by atoms with van der Waals surface area (Å²) in [6.07, 6.45) is 17.1. The van der Waals surface area contributed by atoms with Gasteiger partial charge in [0.2, 0.25) is 0 Å². The zero-order valence-electron chi connectivity index (χ0n) is 27.8. The van der Waals surface area contributed by atoms with Crippen LogP contribution in [0.1, 0.15) is 47.0 Å². The molecule has 2 aliphatic heterocycles. The molecule has 0 unspecified atom stereocenters. The summed E-state index contributed by atoms with van der Waals surface area (Å²) in [5, 5.41) is 11.3. The SMILES string of the molecule is C.C.C1CCOC1.C1CCOCC1.c1ccc2ccccc2c1.c1ccc2cnccc2c1.c1ccccc1.c1ccncc1.c1cn[nH]c1. The van der Waals surface area contributed by atoms with Crippen LogP contribution < -0.4 is 0 Å². The van der Waals surface area contributed by atoms with E-state index >= 15 is 0 Å². The number of fused-ring (bicyclic) bond motifs is 2. The van der Waals surface area contributed by atoms with E-state index in [1.54, 1.807) is 24.8 Å². The Morgan fingerprint density at radius 2 is 0.800 bits per heavy atom. The summed E-state index contributed by atoms with van der Waals surface area (Å²) < 4.78 is 10.0. The van der Waals surface area contributed by atoms with Gasteiger partial charge in [0.1, 0.15) is 0 Å². The topological polar surface area (TPSA) is 72.9 Å². The summed E-state index contributed by atoms with van der Waals surface area (Å²) in [6, 6.07) is 46.5. The lowest BCUT2D eigenvalue weighted by Gasteiger charge is -2.08. The molecule has 264 valence electrons. The second-order valence-corrected chi connectivity index (χ2v) is 10.5. The Bertz CT molecular complexity index is 1330. The average molecular weight is 673 g/mol. The predicted octanol–water partition coefficient (Wildman–Crippen LogP) is 11.5. The van der Waals surface area contributed by atoms with Gasteiger partial charge in [0, 0.05) is 63.6 Å². The van der Waals surface area contributed by atoms with Crippen molar-refractivity contribution in [3.05, 3.63) is 177 Å². The van der Waals surface area contributed by atoms with Gasteiger partial charge in [-0.15, -0.1) is 0 Å². The molecule has 6 heteroatoms. The summed E-state index contributed by atoms with van der Waals surface area (Å²) in [5.41, 5.74) is 0. The lowest BCUT2D eigenvalue weighted by Crippen LogP contribution is -2.03. The van der Waals surface area contributed by atoms with Crippen molar-refractivity contribution in [3.8, 4) is 0 Å². The van der Waals surface area contributed by atoms with Gasteiger partial charge >= 0.3 is 0 Å². The molecule has 2 saturated heterocycles. The number of hydrogen-bond donors (Lipinski definition) is 1. The van der Waals surface area contributed by atoms with Gasteiger partial charge in [-0.25, -0.2) is 0 Å². The molecule has 0 amide bonds. The number of ether oxygens (including phenoxy) is 2. The lowest BCUT2D eigenvalue weighted by molar-refractivity contribution is 0.0968. The van der Waals surface area contributed by atoms with Gasteiger partial charge in [-0.05, 0) is 77.9 Å². The fraction of sp³-hybridized carbons (Fsp3) is 0.250. The molecule has 0 aliphatic carbocycles. The van der Waals surface area contributed by atoms with Crippen LogP contribution in [-0.2, 0) is 9.47 Å². The molecule has 4 aromatic carbocycles. The Kier molecular flexibility index (Phi) is 26.7. The third-order valence-corrected chi connectivity index (χ3v) is 6.75. The second-order valence-electron chi connectivity index (χ2n) is 10.5. The van der Waals surface area contributed by atoms with Crippen LogP contribution in [0.25, 0.3) is 21.5 Å². The number of H-pyrrole nitrogens is 1. The summed E-state index contributed by atoms with van der Waals surface area (Å²) >= 11 is 0. The minimum atomic E-state index is 0. The molecule has 0 bridgehead atoms. The van der Waals surface area contributed by atoms with E-state index in [9.17, 15) is 0 Å². The van der Waals surface area contributed by atoms with Gasteiger partial charge in [0.25, 0.3) is 0 Å². The van der Waals surface area contributed by atoms with Crippen LogP contribution in [0, 0.1) is 0 Å². The van der Waals surface area contributed by atoms with E-state index < -0.39 is 0 Å². The number of aromatic amines is 1. The molecular weight excluding hydrogens is 617 g/mol. The first-order valence-corrected chi connectivity index (χ1v) is 16.6. The van der Waals surface area contributed by atoms with Gasteiger partial charge in [0.05, 0.1) is 0 Å². The molecule has 9 rings (SSSR count). The van der Waals surface area contributed by atoms with Crippen LogP contribution in [0.5, 0.6) is 0 Å². The van der Waals surface area contributed by atoms with Crippen LogP contribution in [0.15, 0.2) is 177 Å².